The lowest BCUT2D eigenvalue weighted by Crippen LogP contribution is -2.57. The quantitative estimate of drug-likeness (QED) is 0.793. The molecule has 1 aliphatic heterocycles. The molecule has 0 spiro atoms. The molecule has 0 aliphatic carbocycles. The second-order valence-electron chi connectivity index (χ2n) is 8.72. The molecule has 2 rings (SSSR count). The molecule has 1 N–H and O–H groups in total. The molecule has 1 unspecified atom stereocenters. The van der Waals surface area contributed by atoms with E-state index in [1.807, 2.05) is 65.0 Å². The van der Waals surface area contributed by atoms with Gasteiger partial charge in [-0.15, -0.1) is 0 Å². The van der Waals surface area contributed by atoms with Gasteiger partial charge in [0, 0.05) is 26.2 Å². The molecule has 0 aromatic heterocycles. The van der Waals surface area contributed by atoms with E-state index in [0.717, 1.165) is 5.56 Å². The number of piperazine rings is 1. The van der Waals surface area contributed by atoms with Crippen LogP contribution in [0.4, 0.5) is 9.59 Å². The number of benzene rings is 1. The Hall–Kier alpha value is -2.77. The van der Waals surface area contributed by atoms with Gasteiger partial charge in [-0.1, -0.05) is 44.2 Å². The second-order valence-corrected chi connectivity index (χ2v) is 8.72. The van der Waals surface area contributed by atoms with Crippen molar-refractivity contribution in [2.75, 3.05) is 26.2 Å². The Morgan fingerprint density at radius 2 is 1.57 bits per heavy atom. The molecular weight excluding hydrogens is 386 g/mol. The first-order chi connectivity index (χ1) is 14.1. The molecule has 1 aliphatic rings. The van der Waals surface area contributed by atoms with Crippen LogP contribution in [0.15, 0.2) is 30.3 Å². The minimum absolute atomic E-state index is 0.106. The van der Waals surface area contributed by atoms with Crippen LogP contribution < -0.4 is 5.32 Å². The fourth-order valence-electron chi connectivity index (χ4n) is 3.04. The number of amides is 3. The summed E-state index contributed by atoms with van der Waals surface area (Å²) in [5.74, 6) is -0.281. The third kappa shape index (κ3) is 7.24. The van der Waals surface area contributed by atoms with Crippen molar-refractivity contribution in [3.8, 4) is 0 Å². The first-order valence-electron chi connectivity index (χ1n) is 10.3. The molecule has 0 radical (unpaired) electrons. The van der Waals surface area contributed by atoms with Gasteiger partial charge in [0.05, 0.1) is 0 Å². The van der Waals surface area contributed by atoms with Gasteiger partial charge in [-0.05, 0) is 32.3 Å². The van der Waals surface area contributed by atoms with E-state index in [-0.39, 0.29) is 24.5 Å². The highest BCUT2D eigenvalue weighted by molar-refractivity contribution is 5.86. The van der Waals surface area contributed by atoms with E-state index in [1.165, 1.54) is 0 Å². The van der Waals surface area contributed by atoms with Crippen LogP contribution in [-0.2, 0) is 20.9 Å². The van der Waals surface area contributed by atoms with Crippen molar-refractivity contribution in [1.29, 1.82) is 0 Å². The van der Waals surface area contributed by atoms with Crippen LogP contribution in [0.25, 0.3) is 0 Å². The van der Waals surface area contributed by atoms with Gasteiger partial charge in [-0.25, -0.2) is 9.59 Å². The zero-order valence-electron chi connectivity index (χ0n) is 18.5. The number of alkyl carbamates (subject to hydrolysis) is 1. The van der Waals surface area contributed by atoms with E-state index in [4.69, 9.17) is 9.47 Å². The Morgan fingerprint density at radius 1 is 1.00 bits per heavy atom. The third-order valence-corrected chi connectivity index (χ3v) is 4.66. The largest absolute Gasteiger partial charge is 0.445 e. The molecule has 1 heterocycles. The monoisotopic (exact) mass is 419 g/mol. The highest BCUT2D eigenvalue weighted by atomic mass is 16.6. The van der Waals surface area contributed by atoms with E-state index in [2.05, 4.69) is 5.32 Å². The summed E-state index contributed by atoms with van der Waals surface area (Å²) in [6.45, 7) is 10.9. The number of hydrogen-bond donors (Lipinski definition) is 1. The normalized spacial score (nSPS) is 15.5. The van der Waals surface area contributed by atoms with Crippen molar-refractivity contribution in [2.24, 2.45) is 5.92 Å². The van der Waals surface area contributed by atoms with Gasteiger partial charge in [0.2, 0.25) is 5.91 Å². The highest BCUT2D eigenvalue weighted by Gasteiger charge is 2.33. The number of rotatable bonds is 5. The van der Waals surface area contributed by atoms with Gasteiger partial charge >= 0.3 is 12.2 Å². The van der Waals surface area contributed by atoms with Crippen LogP contribution in [0, 0.1) is 5.92 Å². The number of carbonyl (C=O) groups excluding carboxylic acids is 3. The Morgan fingerprint density at radius 3 is 2.10 bits per heavy atom. The van der Waals surface area contributed by atoms with Gasteiger partial charge < -0.3 is 24.6 Å². The summed E-state index contributed by atoms with van der Waals surface area (Å²) < 4.78 is 10.6. The second kappa shape index (κ2) is 10.3. The molecule has 1 fully saturated rings. The predicted molar refractivity (Wildman–Crippen MR) is 113 cm³/mol. The van der Waals surface area contributed by atoms with Crippen molar-refractivity contribution in [3.63, 3.8) is 0 Å². The maximum Gasteiger partial charge on any atom is 0.410 e. The Balaban J connectivity index is 1.86. The van der Waals surface area contributed by atoms with E-state index in [9.17, 15) is 14.4 Å². The summed E-state index contributed by atoms with van der Waals surface area (Å²) in [5.41, 5.74) is 0.315. The Labute approximate surface area is 178 Å². The van der Waals surface area contributed by atoms with Crippen LogP contribution in [0.2, 0.25) is 0 Å². The summed E-state index contributed by atoms with van der Waals surface area (Å²) in [4.78, 5) is 40.7. The van der Waals surface area contributed by atoms with Crippen LogP contribution >= 0.6 is 0 Å². The maximum absolute atomic E-state index is 13.0. The van der Waals surface area contributed by atoms with E-state index >= 15 is 0 Å². The topological polar surface area (TPSA) is 88.2 Å². The van der Waals surface area contributed by atoms with Crippen LogP contribution in [0.3, 0.4) is 0 Å². The van der Waals surface area contributed by atoms with Crippen molar-refractivity contribution in [1.82, 2.24) is 15.1 Å². The highest BCUT2D eigenvalue weighted by Crippen LogP contribution is 2.14. The molecule has 0 saturated carbocycles. The molecule has 1 atom stereocenters. The smallest absolute Gasteiger partial charge is 0.410 e. The van der Waals surface area contributed by atoms with Crippen LogP contribution in [0.5, 0.6) is 0 Å². The number of carbonyl (C=O) groups is 3. The lowest BCUT2D eigenvalue weighted by atomic mass is 10.0. The minimum Gasteiger partial charge on any atom is -0.445 e. The third-order valence-electron chi connectivity index (χ3n) is 4.66. The van der Waals surface area contributed by atoms with Gasteiger partial charge in [0.15, 0.2) is 0 Å². The molecule has 166 valence electrons. The predicted octanol–water partition coefficient (Wildman–Crippen LogP) is 3.02. The number of nitrogens with zero attached hydrogens (tertiary/aromatic N) is 2. The molecule has 0 bridgehead atoms. The van der Waals surface area contributed by atoms with Gasteiger partial charge in [0.25, 0.3) is 0 Å². The van der Waals surface area contributed by atoms with Gasteiger partial charge in [-0.2, -0.15) is 0 Å². The van der Waals surface area contributed by atoms with E-state index in [1.54, 1.807) is 9.80 Å². The van der Waals surface area contributed by atoms with Crippen molar-refractivity contribution in [2.45, 2.75) is 52.9 Å². The lowest BCUT2D eigenvalue weighted by Gasteiger charge is -2.37. The van der Waals surface area contributed by atoms with E-state index < -0.39 is 17.7 Å². The summed E-state index contributed by atoms with van der Waals surface area (Å²) in [7, 11) is 0. The zero-order valence-corrected chi connectivity index (χ0v) is 18.5. The fraction of sp³-hybridized carbons (Fsp3) is 0.591. The summed E-state index contributed by atoms with van der Waals surface area (Å²) in [5, 5.41) is 2.69. The first kappa shape index (κ1) is 23.5. The summed E-state index contributed by atoms with van der Waals surface area (Å²) >= 11 is 0. The Bertz CT molecular complexity index is 722. The molecular formula is C22H33N3O5. The molecule has 8 nitrogen and oxygen atoms in total. The summed E-state index contributed by atoms with van der Waals surface area (Å²) in [6.07, 6.45) is -1.00. The molecule has 1 aromatic carbocycles. The number of hydrogen-bond acceptors (Lipinski definition) is 5. The molecule has 1 saturated heterocycles. The van der Waals surface area contributed by atoms with Crippen molar-refractivity contribution < 1.29 is 23.9 Å². The van der Waals surface area contributed by atoms with Crippen molar-refractivity contribution in [3.05, 3.63) is 35.9 Å². The molecule has 3 amide bonds. The van der Waals surface area contributed by atoms with Crippen LogP contribution in [0.1, 0.15) is 40.2 Å². The molecule has 30 heavy (non-hydrogen) atoms. The molecule has 8 heteroatoms. The lowest BCUT2D eigenvalue weighted by molar-refractivity contribution is -0.136. The van der Waals surface area contributed by atoms with Crippen molar-refractivity contribution >= 4 is 18.1 Å². The van der Waals surface area contributed by atoms with Gasteiger partial charge in [0.1, 0.15) is 18.2 Å². The minimum atomic E-state index is -0.693. The Kier molecular flexibility index (Phi) is 8.08. The average molecular weight is 420 g/mol. The SMILES string of the molecule is CC(C)C(NC(=O)OCc1ccccc1)C(=O)N1CCN(C(=O)OC(C)(C)C)CC1. The van der Waals surface area contributed by atoms with E-state index in [0.29, 0.717) is 26.2 Å². The standard InChI is InChI=1S/C22H33N3O5/c1-16(2)18(23-20(27)29-15-17-9-7-6-8-10-17)19(26)24-11-13-25(14-12-24)21(28)30-22(3,4)5/h6-10,16,18H,11-15H2,1-5H3,(H,23,27). The summed E-state index contributed by atoms with van der Waals surface area (Å²) in [6, 6.07) is 8.66. The maximum atomic E-state index is 13.0. The average Bonchev–Trinajstić information content (AvgIpc) is 2.69. The first-order valence-corrected chi connectivity index (χ1v) is 10.3. The number of ether oxygens (including phenoxy) is 2. The van der Waals surface area contributed by atoms with Crippen LogP contribution in [-0.4, -0.2) is 65.7 Å². The van der Waals surface area contributed by atoms with Gasteiger partial charge in [-0.3, -0.25) is 4.79 Å². The zero-order chi connectivity index (χ0) is 22.3. The molecule has 1 aromatic rings. The fourth-order valence-corrected chi connectivity index (χ4v) is 3.04. The number of nitrogens with one attached hydrogen (secondary N) is 1.